The summed E-state index contributed by atoms with van der Waals surface area (Å²) in [6.45, 7) is 7.93. The van der Waals surface area contributed by atoms with Crippen molar-refractivity contribution < 1.29 is 24.5 Å². The summed E-state index contributed by atoms with van der Waals surface area (Å²) in [5, 5.41) is 21.3. The number of benzene rings is 2. The van der Waals surface area contributed by atoms with E-state index in [0.717, 1.165) is 11.3 Å². The molecule has 2 rings (SSSR count). The minimum absolute atomic E-state index is 0.0305. The largest absolute Gasteiger partial charge is 0.507 e. The van der Waals surface area contributed by atoms with Crippen LogP contribution in [0.15, 0.2) is 36.4 Å². The van der Waals surface area contributed by atoms with Crippen molar-refractivity contribution in [3.8, 4) is 11.5 Å². The second-order valence-corrected chi connectivity index (χ2v) is 6.57. The smallest absolute Gasteiger partial charge is 0.339 e. The van der Waals surface area contributed by atoms with Gasteiger partial charge in [0, 0.05) is 17.3 Å². The molecule has 0 aliphatic rings. The third kappa shape index (κ3) is 4.53. The van der Waals surface area contributed by atoms with E-state index in [0.29, 0.717) is 11.3 Å². The van der Waals surface area contributed by atoms with Crippen LogP contribution in [0.2, 0.25) is 0 Å². The maximum atomic E-state index is 12.5. The maximum Gasteiger partial charge on any atom is 0.339 e. The van der Waals surface area contributed by atoms with Gasteiger partial charge in [-0.05, 0) is 55.7 Å². The molecule has 0 spiro atoms. The fourth-order valence-corrected chi connectivity index (χ4v) is 2.50. The van der Waals surface area contributed by atoms with Crippen molar-refractivity contribution in [2.45, 2.75) is 39.7 Å². The minimum atomic E-state index is -1.23. The predicted octanol–water partition coefficient (Wildman–Crippen LogP) is 4.25. The molecule has 1 amide bonds. The Labute approximate surface area is 152 Å². The first-order chi connectivity index (χ1) is 12.2. The Kier molecular flexibility index (Phi) is 5.87. The second-order valence-electron chi connectivity index (χ2n) is 6.57. The Balaban J connectivity index is 2.25. The molecular weight excluding hydrogens is 334 g/mol. The van der Waals surface area contributed by atoms with Crippen molar-refractivity contribution in [3.05, 3.63) is 53.1 Å². The zero-order chi connectivity index (χ0) is 19.4. The van der Waals surface area contributed by atoms with Gasteiger partial charge in [-0.2, -0.15) is 0 Å². The number of nitrogens with one attached hydrogen (secondary N) is 1. The molecule has 0 saturated heterocycles. The van der Waals surface area contributed by atoms with Gasteiger partial charge in [0.25, 0.3) is 5.91 Å². The number of carboxylic acid groups (broad SMARTS) is 1. The van der Waals surface area contributed by atoms with Crippen LogP contribution in [0, 0.1) is 0 Å². The van der Waals surface area contributed by atoms with Crippen LogP contribution in [-0.4, -0.2) is 28.2 Å². The third-order valence-electron chi connectivity index (χ3n) is 3.74. The molecule has 0 aliphatic carbocycles. The number of phenols is 1. The number of carbonyl (C=O) groups excluding carboxylic acids is 1. The number of rotatable bonds is 6. The van der Waals surface area contributed by atoms with Gasteiger partial charge in [-0.15, -0.1) is 0 Å². The van der Waals surface area contributed by atoms with Crippen LogP contribution < -0.4 is 10.1 Å². The van der Waals surface area contributed by atoms with Crippen molar-refractivity contribution in [1.82, 2.24) is 0 Å². The lowest BCUT2D eigenvalue weighted by atomic mass is 9.99. The lowest BCUT2D eigenvalue weighted by Gasteiger charge is -2.17. The molecule has 0 heterocycles. The Morgan fingerprint density at radius 1 is 1.04 bits per heavy atom. The van der Waals surface area contributed by atoms with Gasteiger partial charge in [0.05, 0.1) is 6.10 Å². The van der Waals surface area contributed by atoms with E-state index in [9.17, 15) is 14.7 Å². The van der Waals surface area contributed by atoms with E-state index >= 15 is 0 Å². The normalized spacial score (nSPS) is 10.8. The van der Waals surface area contributed by atoms with E-state index in [1.165, 1.54) is 18.2 Å². The third-order valence-corrected chi connectivity index (χ3v) is 3.74. The van der Waals surface area contributed by atoms with Crippen molar-refractivity contribution in [2.24, 2.45) is 0 Å². The summed E-state index contributed by atoms with van der Waals surface area (Å²) in [4.78, 5) is 23.4. The van der Waals surface area contributed by atoms with Gasteiger partial charge < -0.3 is 20.3 Å². The highest BCUT2D eigenvalue weighted by atomic mass is 16.5. The number of ether oxygens (including phenoxy) is 1. The molecule has 0 aromatic heterocycles. The molecule has 2 aromatic rings. The number of aromatic carboxylic acids is 1. The highest BCUT2D eigenvalue weighted by Gasteiger charge is 2.15. The van der Waals surface area contributed by atoms with Crippen LogP contribution in [0.5, 0.6) is 11.5 Å². The van der Waals surface area contributed by atoms with E-state index in [-0.39, 0.29) is 23.5 Å². The molecule has 0 radical (unpaired) electrons. The lowest BCUT2D eigenvalue weighted by molar-refractivity contribution is 0.0693. The summed E-state index contributed by atoms with van der Waals surface area (Å²) in [6.07, 6.45) is 0.0305. The lowest BCUT2D eigenvalue weighted by Crippen LogP contribution is -2.14. The van der Waals surface area contributed by atoms with Gasteiger partial charge >= 0.3 is 5.97 Å². The van der Waals surface area contributed by atoms with Crippen LogP contribution in [0.1, 0.15) is 59.9 Å². The van der Waals surface area contributed by atoms with E-state index in [1.807, 2.05) is 27.7 Å². The molecule has 0 atom stereocenters. The SMILES string of the molecule is CC(C)Oc1ccc(C(=O)Nc2ccc(C(=O)O)c(O)c2)cc1C(C)C. The summed E-state index contributed by atoms with van der Waals surface area (Å²) in [5.41, 5.74) is 1.47. The number of hydrogen-bond acceptors (Lipinski definition) is 4. The first kappa shape index (κ1) is 19.3. The van der Waals surface area contributed by atoms with Gasteiger partial charge in [0.2, 0.25) is 0 Å². The number of anilines is 1. The fraction of sp³-hybridized carbons (Fsp3) is 0.300. The average molecular weight is 357 g/mol. The highest BCUT2D eigenvalue weighted by molar-refractivity contribution is 6.05. The number of carboxylic acids is 1. The molecule has 138 valence electrons. The molecule has 0 bridgehead atoms. The van der Waals surface area contributed by atoms with Crippen LogP contribution in [0.25, 0.3) is 0 Å². The van der Waals surface area contributed by atoms with E-state index in [4.69, 9.17) is 9.84 Å². The summed E-state index contributed by atoms with van der Waals surface area (Å²) in [5.74, 6) is -1.07. The van der Waals surface area contributed by atoms with Gasteiger partial charge in [0.15, 0.2) is 0 Å². The van der Waals surface area contributed by atoms with Gasteiger partial charge in [-0.25, -0.2) is 4.79 Å². The summed E-state index contributed by atoms with van der Waals surface area (Å²) in [6, 6.07) is 9.11. The summed E-state index contributed by atoms with van der Waals surface area (Å²) < 4.78 is 5.79. The maximum absolute atomic E-state index is 12.5. The molecule has 6 nitrogen and oxygen atoms in total. The van der Waals surface area contributed by atoms with Crippen molar-refractivity contribution >= 4 is 17.6 Å². The average Bonchev–Trinajstić information content (AvgIpc) is 2.54. The van der Waals surface area contributed by atoms with Crippen LogP contribution >= 0.6 is 0 Å². The fourth-order valence-electron chi connectivity index (χ4n) is 2.50. The Morgan fingerprint density at radius 3 is 2.27 bits per heavy atom. The molecule has 6 heteroatoms. The molecule has 0 unspecified atom stereocenters. The Morgan fingerprint density at radius 2 is 1.73 bits per heavy atom. The van der Waals surface area contributed by atoms with Gasteiger partial charge in [-0.1, -0.05) is 13.8 Å². The van der Waals surface area contributed by atoms with E-state index < -0.39 is 11.7 Å². The number of amides is 1. The quantitative estimate of drug-likeness (QED) is 0.718. The van der Waals surface area contributed by atoms with Crippen molar-refractivity contribution in [2.75, 3.05) is 5.32 Å². The van der Waals surface area contributed by atoms with Crippen LogP contribution in [-0.2, 0) is 0 Å². The second kappa shape index (κ2) is 7.91. The molecule has 3 N–H and O–H groups in total. The molecule has 2 aromatic carbocycles. The first-order valence-electron chi connectivity index (χ1n) is 8.37. The van der Waals surface area contributed by atoms with E-state index in [2.05, 4.69) is 5.32 Å². The zero-order valence-electron chi connectivity index (χ0n) is 15.2. The van der Waals surface area contributed by atoms with Gasteiger partial charge in [0.1, 0.15) is 17.1 Å². The standard InChI is InChI=1S/C20H23NO5/c1-11(2)16-9-13(5-8-18(16)26-12(3)4)19(23)21-14-6-7-15(20(24)25)17(22)10-14/h5-12,22H,1-4H3,(H,21,23)(H,24,25). The molecular formula is C20H23NO5. The predicted molar refractivity (Wildman–Crippen MR) is 99.3 cm³/mol. The van der Waals surface area contributed by atoms with Crippen LogP contribution in [0.4, 0.5) is 5.69 Å². The molecule has 26 heavy (non-hydrogen) atoms. The Bertz CT molecular complexity index is 827. The topological polar surface area (TPSA) is 95.9 Å². The number of carbonyl (C=O) groups is 2. The zero-order valence-corrected chi connectivity index (χ0v) is 15.2. The van der Waals surface area contributed by atoms with Crippen molar-refractivity contribution in [3.63, 3.8) is 0 Å². The molecule has 0 aliphatic heterocycles. The highest BCUT2D eigenvalue weighted by Crippen LogP contribution is 2.29. The van der Waals surface area contributed by atoms with Crippen molar-refractivity contribution in [1.29, 1.82) is 0 Å². The summed E-state index contributed by atoms with van der Waals surface area (Å²) in [7, 11) is 0. The minimum Gasteiger partial charge on any atom is -0.507 e. The van der Waals surface area contributed by atoms with Gasteiger partial charge in [-0.3, -0.25) is 4.79 Å². The number of aromatic hydroxyl groups is 1. The number of hydrogen-bond donors (Lipinski definition) is 3. The summed E-state index contributed by atoms with van der Waals surface area (Å²) >= 11 is 0. The molecule has 0 saturated carbocycles. The Hall–Kier alpha value is -3.02. The first-order valence-corrected chi connectivity index (χ1v) is 8.37. The monoisotopic (exact) mass is 357 g/mol. The van der Waals surface area contributed by atoms with Crippen LogP contribution in [0.3, 0.4) is 0 Å². The van der Waals surface area contributed by atoms with E-state index in [1.54, 1.807) is 18.2 Å². The molecule has 0 fully saturated rings.